The second-order valence-electron chi connectivity index (χ2n) is 7.20. The van der Waals surface area contributed by atoms with Gasteiger partial charge in [0.2, 0.25) is 0 Å². The predicted molar refractivity (Wildman–Crippen MR) is 126 cm³/mol. The van der Waals surface area contributed by atoms with Crippen LogP contribution in [0.25, 0.3) is 11.0 Å². The molecule has 0 aliphatic heterocycles. The number of furan rings is 1. The van der Waals surface area contributed by atoms with E-state index in [0.717, 1.165) is 26.6 Å². The number of aromatic nitrogens is 1. The summed E-state index contributed by atoms with van der Waals surface area (Å²) in [6.07, 6.45) is 0. The van der Waals surface area contributed by atoms with Crippen molar-refractivity contribution in [2.75, 3.05) is 20.6 Å². The van der Waals surface area contributed by atoms with Gasteiger partial charge in [0.15, 0.2) is 5.76 Å². The van der Waals surface area contributed by atoms with Gasteiger partial charge in [-0.3, -0.25) is 4.79 Å². The number of thiophene rings is 1. The van der Waals surface area contributed by atoms with Crippen LogP contribution in [-0.4, -0.2) is 36.4 Å². The van der Waals surface area contributed by atoms with Gasteiger partial charge in [0, 0.05) is 34.3 Å². The van der Waals surface area contributed by atoms with Crippen LogP contribution in [0.2, 0.25) is 0 Å². The highest BCUT2D eigenvalue weighted by molar-refractivity contribution is 8.00. The summed E-state index contributed by atoms with van der Waals surface area (Å²) in [5.74, 6) is 0.841. The molecule has 0 aliphatic carbocycles. The Morgan fingerprint density at radius 3 is 2.80 bits per heavy atom. The van der Waals surface area contributed by atoms with Crippen LogP contribution in [0.4, 0.5) is 0 Å². The number of carbonyl (C=O) groups excluding carboxylic acids is 1. The summed E-state index contributed by atoms with van der Waals surface area (Å²) in [7, 11) is 4.04. The number of nitrogens with zero attached hydrogens (tertiary/aromatic N) is 2. The second kappa shape index (κ2) is 9.34. The van der Waals surface area contributed by atoms with Crippen molar-refractivity contribution in [3.05, 3.63) is 69.1 Å². The lowest BCUT2D eigenvalue weighted by molar-refractivity contribution is 0.0915. The Morgan fingerprint density at radius 1 is 1.27 bits per heavy atom. The lowest BCUT2D eigenvalue weighted by Crippen LogP contribution is -2.34. The van der Waals surface area contributed by atoms with E-state index >= 15 is 0 Å². The molecular formula is C22H23N3O2S3. The molecule has 4 rings (SSSR count). The minimum absolute atomic E-state index is 0.112. The van der Waals surface area contributed by atoms with E-state index in [9.17, 15) is 4.79 Å². The molecule has 0 saturated carbocycles. The number of hydrogen-bond donors (Lipinski definition) is 1. The van der Waals surface area contributed by atoms with E-state index < -0.39 is 0 Å². The minimum atomic E-state index is -0.181. The molecule has 1 N–H and O–H groups in total. The lowest BCUT2D eigenvalue weighted by atomic mass is 10.1. The van der Waals surface area contributed by atoms with E-state index in [2.05, 4.69) is 32.0 Å². The molecule has 1 amide bonds. The fourth-order valence-corrected chi connectivity index (χ4v) is 5.87. The molecule has 4 aromatic rings. The molecule has 30 heavy (non-hydrogen) atoms. The average Bonchev–Trinajstić information content (AvgIpc) is 3.46. The van der Waals surface area contributed by atoms with Gasteiger partial charge >= 0.3 is 0 Å². The Bertz CT molecular complexity index is 1130. The van der Waals surface area contributed by atoms with E-state index in [1.165, 1.54) is 5.56 Å². The first kappa shape index (κ1) is 21.1. The zero-order valence-electron chi connectivity index (χ0n) is 17.0. The number of thioether (sulfide) groups is 1. The zero-order valence-corrected chi connectivity index (χ0v) is 19.5. The molecule has 1 atom stereocenters. The van der Waals surface area contributed by atoms with Crippen LogP contribution in [0.15, 0.2) is 55.2 Å². The Hall–Kier alpha value is -2.13. The van der Waals surface area contributed by atoms with Gasteiger partial charge in [0.25, 0.3) is 5.91 Å². The number of para-hydroxylation sites is 1. The topological polar surface area (TPSA) is 58.4 Å². The van der Waals surface area contributed by atoms with Crippen molar-refractivity contribution in [1.82, 2.24) is 15.2 Å². The highest BCUT2D eigenvalue weighted by Gasteiger charge is 2.23. The van der Waals surface area contributed by atoms with Gasteiger partial charge in [-0.15, -0.1) is 11.3 Å². The first-order chi connectivity index (χ1) is 14.5. The van der Waals surface area contributed by atoms with Crippen LogP contribution in [0.3, 0.4) is 0 Å². The van der Waals surface area contributed by atoms with Crippen LogP contribution < -0.4 is 5.32 Å². The number of benzene rings is 1. The van der Waals surface area contributed by atoms with Crippen LogP contribution >= 0.6 is 34.4 Å². The maximum absolute atomic E-state index is 13.1. The maximum atomic E-state index is 13.1. The molecule has 0 bridgehead atoms. The SMILES string of the molecule is Cc1csc(SCc2c(C(=O)NCC(c3ccsc3)N(C)C)oc3ccccc23)n1. The molecule has 3 heterocycles. The van der Waals surface area contributed by atoms with Gasteiger partial charge in [-0.1, -0.05) is 30.0 Å². The van der Waals surface area contributed by atoms with Crippen LogP contribution in [-0.2, 0) is 5.75 Å². The molecule has 1 unspecified atom stereocenters. The van der Waals surface area contributed by atoms with E-state index in [0.29, 0.717) is 18.1 Å². The fourth-order valence-electron chi connectivity index (χ4n) is 3.29. The van der Waals surface area contributed by atoms with Gasteiger partial charge in [-0.2, -0.15) is 11.3 Å². The molecule has 8 heteroatoms. The van der Waals surface area contributed by atoms with Crippen molar-refractivity contribution in [2.45, 2.75) is 23.1 Å². The Kier molecular flexibility index (Phi) is 6.58. The Labute approximate surface area is 188 Å². The summed E-state index contributed by atoms with van der Waals surface area (Å²) in [5, 5.41) is 10.3. The number of carbonyl (C=O) groups is 1. The van der Waals surface area contributed by atoms with Crippen LogP contribution in [0.1, 0.15) is 33.4 Å². The number of fused-ring (bicyclic) bond motifs is 1. The van der Waals surface area contributed by atoms with Gasteiger partial charge < -0.3 is 14.6 Å². The first-order valence-corrected chi connectivity index (χ1v) is 12.4. The molecule has 3 aromatic heterocycles. The lowest BCUT2D eigenvalue weighted by Gasteiger charge is -2.23. The van der Waals surface area contributed by atoms with Crippen molar-refractivity contribution in [1.29, 1.82) is 0 Å². The molecule has 0 fully saturated rings. The van der Waals surface area contributed by atoms with Gasteiger partial charge in [-0.05, 0) is 49.5 Å². The minimum Gasteiger partial charge on any atom is -0.451 e. The molecule has 0 spiro atoms. The molecule has 0 saturated heterocycles. The number of thiazole rings is 1. The van der Waals surface area contributed by atoms with Crippen molar-refractivity contribution < 1.29 is 9.21 Å². The molecule has 1 aromatic carbocycles. The van der Waals surface area contributed by atoms with E-state index in [1.54, 1.807) is 34.4 Å². The van der Waals surface area contributed by atoms with Gasteiger partial charge in [0.05, 0.1) is 6.04 Å². The molecule has 0 aliphatic rings. The van der Waals surface area contributed by atoms with Crippen LogP contribution in [0, 0.1) is 6.92 Å². The van der Waals surface area contributed by atoms with E-state index in [4.69, 9.17) is 4.42 Å². The second-order valence-corrected chi connectivity index (χ2v) is 10.1. The summed E-state index contributed by atoms with van der Waals surface area (Å²) in [4.78, 5) is 19.7. The number of aryl methyl sites for hydroxylation is 1. The highest BCUT2D eigenvalue weighted by Crippen LogP contribution is 2.33. The van der Waals surface area contributed by atoms with Crippen molar-refractivity contribution >= 4 is 51.3 Å². The standard InChI is InChI=1S/C22H23N3O2S3/c1-14-11-29-22(24-14)30-13-17-16-6-4-5-7-19(16)27-20(17)21(26)23-10-18(25(2)3)15-8-9-28-12-15/h4-9,11-12,18H,10,13H2,1-3H3,(H,23,26). The van der Waals surface area contributed by atoms with E-state index in [-0.39, 0.29) is 11.9 Å². The summed E-state index contributed by atoms with van der Waals surface area (Å²) >= 11 is 4.92. The normalized spacial score (nSPS) is 12.5. The van der Waals surface area contributed by atoms with E-state index in [1.807, 2.05) is 50.7 Å². The summed E-state index contributed by atoms with van der Waals surface area (Å²) in [6.45, 7) is 2.50. The molecule has 0 radical (unpaired) electrons. The third-order valence-corrected chi connectivity index (χ3v) is 7.72. The number of hydrogen-bond acceptors (Lipinski definition) is 7. The maximum Gasteiger partial charge on any atom is 0.287 e. The third kappa shape index (κ3) is 4.62. The number of amides is 1. The van der Waals surface area contributed by atoms with Gasteiger partial charge in [-0.25, -0.2) is 4.98 Å². The molecule has 156 valence electrons. The predicted octanol–water partition coefficient (Wildman–Crippen LogP) is 5.58. The number of likely N-dealkylation sites (N-methyl/N-ethyl adjacent to an activating group) is 1. The smallest absolute Gasteiger partial charge is 0.287 e. The highest BCUT2D eigenvalue weighted by atomic mass is 32.2. The zero-order chi connectivity index (χ0) is 21.1. The molecule has 5 nitrogen and oxygen atoms in total. The molecular weight excluding hydrogens is 434 g/mol. The van der Waals surface area contributed by atoms with Crippen molar-refractivity contribution in [3.63, 3.8) is 0 Å². The van der Waals surface area contributed by atoms with Crippen LogP contribution in [0.5, 0.6) is 0 Å². The summed E-state index contributed by atoms with van der Waals surface area (Å²) in [6, 6.07) is 10.0. The average molecular weight is 458 g/mol. The quantitative estimate of drug-likeness (QED) is 0.350. The summed E-state index contributed by atoms with van der Waals surface area (Å²) in [5.41, 5.74) is 3.86. The third-order valence-electron chi connectivity index (χ3n) is 4.85. The van der Waals surface area contributed by atoms with Crippen molar-refractivity contribution in [3.8, 4) is 0 Å². The summed E-state index contributed by atoms with van der Waals surface area (Å²) < 4.78 is 6.98. The largest absolute Gasteiger partial charge is 0.451 e. The Balaban J connectivity index is 1.55. The Morgan fingerprint density at radius 2 is 2.10 bits per heavy atom. The first-order valence-electron chi connectivity index (χ1n) is 9.55. The monoisotopic (exact) mass is 457 g/mol. The van der Waals surface area contributed by atoms with Gasteiger partial charge in [0.1, 0.15) is 9.92 Å². The number of nitrogens with one attached hydrogen (secondary N) is 1. The number of rotatable bonds is 8. The fraction of sp³-hybridized carbons (Fsp3) is 0.273. The van der Waals surface area contributed by atoms with Crippen molar-refractivity contribution in [2.24, 2.45) is 0 Å².